The second-order valence-electron chi connectivity index (χ2n) is 3.81. The number of nitrogens with zero attached hydrogens (tertiary/aromatic N) is 2. The fourth-order valence-corrected chi connectivity index (χ4v) is 1.57. The summed E-state index contributed by atoms with van der Waals surface area (Å²) in [5.74, 6) is -0.426. The van der Waals surface area contributed by atoms with Crippen LogP contribution in [0.3, 0.4) is 0 Å². The Balaban J connectivity index is 1.95. The average Bonchev–Trinajstić information content (AvgIpc) is 2.83. The van der Waals surface area contributed by atoms with E-state index in [1.165, 1.54) is 10.9 Å². The van der Waals surface area contributed by atoms with Gasteiger partial charge < -0.3 is 5.32 Å². The highest BCUT2D eigenvalue weighted by molar-refractivity contribution is 6.01. The SMILES string of the molecule is Cn1nccc1C(=O)NCC(=O)c1ccccc1. The summed E-state index contributed by atoms with van der Waals surface area (Å²) in [6, 6.07) is 10.5. The van der Waals surface area contributed by atoms with Crippen molar-refractivity contribution >= 4 is 11.7 Å². The van der Waals surface area contributed by atoms with Crippen molar-refractivity contribution < 1.29 is 9.59 Å². The number of rotatable bonds is 4. The third kappa shape index (κ3) is 2.63. The molecule has 5 heteroatoms. The molecule has 0 saturated heterocycles. The summed E-state index contributed by atoms with van der Waals surface area (Å²) in [6.45, 7) is -0.0198. The van der Waals surface area contributed by atoms with Crippen LogP contribution in [0.2, 0.25) is 0 Å². The minimum atomic E-state index is -0.306. The number of benzene rings is 1. The molecule has 0 atom stereocenters. The number of ketones is 1. The second kappa shape index (κ2) is 5.27. The smallest absolute Gasteiger partial charge is 0.269 e. The maximum absolute atomic E-state index is 11.8. The van der Waals surface area contributed by atoms with E-state index >= 15 is 0 Å². The fraction of sp³-hybridized carbons (Fsp3) is 0.154. The molecule has 0 aliphatic carbocycles. The van der Waals surface area contributed by atoms with E-state index in [1.54, 1.807) is 37.4 Å². The molecule has 0 fully saturated rings. The number of nitrogens with one attached hydrogen (secondary N) is 1. The van der Waals surface area contributed by atoms with Gasteiger partial charge in [0, 0.05) is 18.8 Å². The molecular formula is C13H13N3O2. The molecule has 1 heterocycles. The maximum atomic E-state index is 11.8. The lowest BCUT2D eigenvalue weighted by molar-refractivity contribution is 0.0898. The number of aromatic nitrogens is 2. The standard InChI is InChI=1S/C13H13N3O2/c1-16-11(7-8-15-16)13(18)14-9-12(17)10-5-3-2-4-6-10/h2-8H,9H2,1H3,(H,14,18). The normalized spacial score (nSPS) is 10.1. The maximum Gasteiger partial charge on any atom is 0.269 e. The molecule has 5 nitrogen and oxygen atoms in total. The molecular weight excluding hydrogens is 230 g/mol. The van der Waals surface area contributed by atoms with Gasteiger partial charge >= 0.3 is 0 Å². The fourth-order valence-electron chi connectivity index (χ4n) is 1.57. The van der Waals surface area contributed by atoms with E-state index in [9.17, 15) is 9.59 Å². The van der Waals surface area contributed by atoms with Gasteiger partial charge in [0.05, 0.1) is 6.54 Å². The zero-order valence-electron chi connectivity index (χ0n) is 9.96. The van der Waals surface area contributed by atoms with E-state index in [0.29, 0.717) is 11.3 Å². The van der Waals surface area contributed by atoms with Gasteiger partial charge in [-0.1, -0.05) is 30.3 Å². The molecule has 0 radical (unpaired) electrons. The van der Waals surface area contributed by atoms with Crippen molar-refractivity contribution in [2.24, 2.45) is 7.05 Å². The summed E-state index contributed by atoms with van der Waals surface area (Å²) >= 11 is 0. The number of carbonyl (C=O) groups is 2. The highest BCUT2D eigenvalue weighted by atomic mass is 16.2. The van der Waals surface area contributed by atoms with Crippen molar-refractivity contribution in [1.82, 2.24) is 15.1 Å². The highest BCUT2D eigenvalue weighted by Crippen LogP contribution is 2.00. The van der Waals surface area contributed by atoms with Crippen LogP contribution in [0.25, 0.3) is 0 Å². The Labute approximate surface area is 104 Å². The van der Waals surface area contributed by atoms with Crippen molar-refractivity contribution in [1.29, 1.82) is 0 Å². The van der Waals surface area contributed by atoms with Crippen molar-refractivity contribution in [2.45, 2.75) is 0 Å². The van der Waals surface area contributed by atoms with Gasteiger partial charge in [-0.25, -0.2) is 0 Å². The zero-order chi connectivity index (χ0) is 13.0. The summed E-state index contributed by atoms with van der Waals surface area (Å²) in [5.41, 5.74) is 1.01. The lowest BCUT2D eigenvalue weighted by Gasteiger charge is -2.04. The largest absolute Gasteiger partial charge is 0.343 e. The quantitative estimate of drug-likeness (QED) is 0.816. The third-order valence-electron chi connectivity index (χ3n) is 2.56. The van der Waals surface area contributed by atoms with Gasteiger partial charge in [-0.2, -0.15) is 5.10 Å². The van der Waals surface area contributed by atoms with Crippen molar-refractivity contribution in [2.75, 3.05) is 6.54 Å². The van der Waals surface area contributed by atoms with Crippen LogP contribution in [0.1, 0.15) is 20.8 Å². The van der Waals surface area contributed by atoms with Gasteiger partial charge in [0.15, 0.2) is 5.78 Å². The topological polar surface area (TPSA) is 64.0 Å². The van der Waals surface area contributed by atoms with E-state index in [1.807, 2.05) is 6.07 Å². The number of hydrogen-bond donors (Lipinski definition) is 1. The summed E-state index contributed by atoms with van der Waals surface area (Å²) in [7, 11) is 1.67. The van der Waals surface area contributed by atoms with E-state index in [0.717, 1.165) is 0 Å². The Hall–Kier alpha value is -2.43. The Morgan fingerprint density at radius 1 is 1.22 bits per heavy atom. The van der Waals surface area contributed by atoms with Crippen molar-refractivity contribution in [3.63, 3.8) is 0 Å². The van der Waals surface area contributed by atoms with Gasteiger partial charge in [0.25, 0.3) is 5.91 Å². The minimum absolute atomic E-state index is 0.0198. The predicted octanol–water partition coefficient (Wildman–Crippen LogP) is 1.03. The van der Waals surface area contributed by atoms with Crippen LogP contribution in [0, 0.1) is 0 Å². The molecule has 0 aliphatic rings. The Kier molecular flexibility index (Phi) is 3.52. The Morgan fingerprint density at radius 3 is 2.56 bits per heavy atom. The lowest BCUT2D eigenvalue weighted by Crippen LogP contribution is -2.30. The van der Waals surface area contributed by atoms with Crippen LogP contribution in [-0.4, -0.2) is 28.0 Å². The van der Waals surface area contributed by atoms with E-state index < -0.39 is 0 Å². The summed E-state index contributed by atoms with van der Waals surface area (Å²) in [4.78, 5) is 23.5. The lowest BCUT2D eigenvalue weighted by atomic mass is 10.1. The first kappa shape index (κ1) is 12.0. The molecule has 2 rings (SSSR count). The van der Waals surface area contributed by atoms with E-state index in [2.05, 4.69) is 10.4 Å². The Bertz CT molecular complexity index is 561. The summed E-state index contributed by atoms with van der Waals surface area (Å²) in [5, 5.41) is 6.47. The van der Waals surface area contributed by atoms with Crippen LogP contribution in [-0.2, 0) is 7.05 Å². The molecule has 2 aromatic rings. The van der Waals surface area contributed by atoms with Crippen LogP contribution in [0.4, 0.5) is 0 Å². The first-order chi connectivity index (χ1) is 8.68. The third-order valence-corrected chi connectivity index (χ3v) is 2.56. The first-order valence-electron chi connectivity index (χ1n) is 5.53. The molecule has 0 aliphatic heterocycles. The molecule has 1 amide bonds. The van der Waals surface area contributed by atoms with Crippen LogP contribution < -0.4 is 5.32 Å². The van der Waals surface area contributed by atoms with Gasteiger partial charge in [-0.05, 0) is 6.07 Å². The molecule has 0 saturated carbocycles. The van der Waals surface area contributed by atoms with Crippen LogP contribution >= 0.6 is 0 Å². The molecule has 1 aromatic heterocycles. The molecule has 0 bridgehead atoms. The van der Waals surface area contributed by atoms with E-state index in [-0.39, 0.29) is 18.2 Å². The highest BCUT2D eigenvalue weighted by Gasteiger charge is 2.11. The minimum Gasteiger partial charge on any atom is -0.343 e. The summed E-state index contributed by atoms with van der Waals surface area (Å²) < 4.78 is 1.46. The average molecular weight is 243 g/mol. The van der Waals surface area contributed by atoms with Crippen LogP contribution in [0.15, 0.2) is 42.6 Å². The predicted molar refractivity (Wildman–Crippen MR) is 66.3 cm³/mol. The number of carbonyl (C=O) groups excluding carboxylic acids is 2. The molecule has 1 aromatic carbocycles. The van der Waals surface area contributed by atoms with Gasteiger partial charge in [-0.3, -0.25) is 14.3 Å². The van der Waals surface area contributed by atoms with Crippen LogP contribution in [0.5, 0.6) is 0 Å². The van der Waals surface area contributed by atoms with Gasteiger partial charge in [0.2, 0.25) is 0 Å². The molecule has 0 unspecified atom stereocenters. The molecule has 1 N–H and O–H groups in total. The summed E-state index contributed by atoms with van der Waals surface area (Å²) in [6.07, 6.45) is 1.54. The number of amides is 1. The molecule has 0 spiro atoms. The second-order valence-corrected chi connectivity index (χ2v) is 3.81. The van der Waals surface area contributed by atoms with Crippen molar-refractivity contribution in [3.8, 4) is 0 Å². The molecule has 92 valence electrons. The van der Waals surface area contributed by atoms with Gasteiger partial charge in [0.1, 0.15) is 5.69 Å². The number of hydrogen-bond acceptors (Lipinski definition) is 3. The number of aryl methyl sites for hydroxylation is 1. The van der Waals surface area contributed by atoms with E-state index in [4.69, 9.17) is 0 Å². The monoisotopic (exact) mass is 243 g/mol. The first-order valence-corrected chi connectivity index (χ1v) is 5.53. The molecule has 18 heavy (non-hydrogen) atoms. The Morgan fingerprint density at radius 2 is 1.94 bits per heavy atom. The zero-order valence-corrected chi connectivity index (χ0v) is 9.96. The number of Topliss-reactive ketones (excluding diaryl/α,β-unsaturated/α-hetero) is 1. The van der Waals surface area contributed by atoms with Crippen molar-refractivity contribution in [3.05, 3.63) is 53.9 Å². The van der Waals surface area contributed by atoms with Gasteiger partial charge in [-0.15, -0.1) is 0 Å².